The minimum absolute atomic E-state index is 0. The highest BCUT2D eigenvalue weighted by molar-refractivity contribution is 7.98. The Balaban J connectivity index is 0.00000320. The number of rotatable bonds is 8. The number of amides is 2. The van der Waals surface area contributed by atoms with Crippen molar-refractivity contribution in [2.24, 2.45) is 0 Å². The van der Waals surface area contributed by atoms with Gasteiger partial charge in [-0.05, 0) is 60.2 Å². The van der Waals surface area contributed by atoms with Crippen LogP contribution in [-0.2, 0) is 22.6 Å². The van der Waals surface area contributed by atoms with Gasteiger partial charge in [0.05, 0.1) is 13.2 Å². The highest BCUT2D eigenvalue weighted by Gasteiger charge is 2.28. The Morgan fingerprint density at radius 1 is 1.17 bits per heavy atom. The van der Waals surface area contributed by atoms with E-state index in [-0.39, 0.29) is 30.3 Å². The van der Waals surface area contributed by atoms with Crippen LogP contribution >= 0.6 is 24.2 Å². The first kappa shape index (κ1) is 24.1. The van der Waals surface area contributed by atoms with Crippen molar-refractivity contribution in [3.05, 3.63) is 59.7 Å². The van der Waals surface area contributed by atoms with Gasteiger partial charge in [0, 0.05) is 12.2 Å². The Bertz CT molecular complexity index is 848. The number of anilines is 1. The molecule has 0 fully saturated rings. The molecule has 162 valence electrons. The zero-order valence-corrected chi connectivity index (χ0v) is 18.8. The zero-order chi connectivity index (χ0) is 20.6. The van der Waals surface area contributed by atoms with Crippen LogP contribution in [-0.4, -0.2) is 43.0 Å². The highest BCUT2D eigenvalue weighted by atomic mass is 35.5. The largest absolute Gasteiger partial charge is 0.497 e. The average molecular weight is 450 g/mol. The molecule has 6 nitrogen and oxygen atoms in total. The predicted octanol–water partition coefficient (Wildman–Crippen LogP) is 3.01. The van der Waals surface area contributed by atoms with E-state index in [9.17, 15) is 9.59 Å². The van der Waals surface area contributed by atoms with Crippen LogP contribution in [0.1, 0.15) is 17.5 Å². The number of carbonyl (C=O) groups is 2. The van der Waals surface area contributed by atoms with Crippen LogP contribution in [0, 0.1) is 0 Å². The summed E-state index contributed by atoms with van der Waals surface area (Å²) in [5.74, 6) is 1.14. The van der Waals surface area contributed by atoms with Crippen molar-refractivity contribution in [1.29, 1.82) is 0 Å². The Labute approximate surface area is 187 Å². The van der Waals surface area contributed by atoms with Gasteiger partial charge in [0.1, 0.15) is 11.8 Å². The van der Waals surface area contributed by atoms with Crippen molar-refractivity contribution >= 4 is 41.7 Å². The Morgan fingerprint density at radius 3 is 2.53 bits per heavy atom. The topological polar surface area (TPSA) is 79.5 Å². The lowest BCUT2D eigenvalue weighted by Crippen LogP contribution is -2.53. The van der Waals surface area contributed by atoms with E-state index in [0.717, 1.165) is 11.5 Å². The van der Waals surface area contributed by atoms with Crippen LogP contribution in [0.15, 0.2) is 48.5 Å². The SMILES string of the molecule is COc1ccc(NC(=O)C(CCSC)NC(=O)C2Cc3ccccc3CN2)cc1.Cl. The second-order valence-electron chi connectivity index (χ2n) is 6.97. The van der Waals surface area contributed by atoms with E-state index >= 15 is 0 Å². The van der Waals surface area contributed by atoms with Crippen molar-refractivity contribution in [3.63, 3.8) is 0 Å². The van der Waals surface area contributed by atoms with Crippen LogP contribution in [0.5, 0.6) is 5.75 Å². The maximum Gasteiger partial charge on any atom is 0.246 e. The summed E-state index contributed by atoms with van der Waals surface area (Å²) < 4.78 is 5.14. The standard InChI is InChI=1S/C22H27N3O3S.ClH/c1-28-18-9-7-17(8-10-18)24-21(26)19(11-12-29-2)25-22(27)20-13-15-5-3-4-6-16(15)14-23-20;/h3-10,19-20,23H,11-14H2,1-2H3,(H,24,26)(H,25,27);1H. The predicted molar refractivity (Wildman–Crippen MR) is 125 cm³/mol. The summed E-state index contributed by atoms with van der Waals surface area (Å²) in [5, 5.41) is 9.11. The van der Waals surface area contributed by atoms with Crippen LogP contribution in [0.25, 0.3) is 0 Å². The molecule has 2 amide bonds. The van der Waals surface area contributed by atoms with Gasteiger partial charge >= 0.3 is 0 Å². The molecule has 2 aromatic rings. The molecule has 1 aliphatic heterocycles. The molecule has 0 saturated heterocycles. The third-order valence-electron chi connectivity index (χ3n) is 5.00. The minimum Gasteiger partial charge on any atom is -0.497 e. The van der Waals surface area contributed by atoms with Gasteiger partial charge in [-0.15, -0.1) is 12.4 Å². The molecule has 0 bridgehead atoms. The first-order valence-corrected chi connectivity index (χ1v) is 11.0. The number of halogens is 1. The van der Waals surface area contributed by atoms with E-state index in [4.69, 9.17) is 4.74 Å². The quantitative estimate of drug-likeness (QED) is 0.577. The van der Waals surface area contributed by atoms with Crippen molar-refractivity contribution in [2.75, 3.05) is 24.4 Å². The number of hydrogen-bond donors (Lipinski definition) is 3. The van der Waals surface area contributed by atoms with Crippen molar-refractivity contribution < 1.29 is 14.3 Å². The maximum absolute atomic E-state index is 12.8. The second kappa shape index (κ2) is 11.8. The van der Waals surface area contributed by atoms with Gasteiger partial charge in [-0.1, -0.05) is 24.3 Å². The molecule has 30 heavy (non-hydrogen) atoms. The summed E-state index contributed by atoms with van der Waals surface area (Å²) >= 11 is 1.65. The Kier molecular flexibility index (Phi) is 9.49. The van der Waals surface area contributed by atoms with E-state index < -0.39 is 6.04 Å². The summed E-state index contributed by atoms with van der Waals surface area (Å²) in [7, 11) is 1.60. The molecule has 0 aromatic heterocycles. The molecule has 3 rings (SSSR count). The molecule has 2 unspecified atom stereocenters. The van der Waals surface area contributed by atoms with Gasteiger partial charge < -0.3 is 20.7 Å². The lowest BCUT2D eigenvalue weighted by atomic mass is 9.95. The third-order valence-corrected chi connectivity index (χ3v) is 5.64. The maximum atomic E-state index is 12.8. The minimum atomic E-state index is -0.587. The van der Waals surface area contributed by atoms with Gasteiger partial charge in [-0.25, -0.2) is 0 Å². The molecule has 3 N–H and O–H groups in total. The smallest absolute Gasteiger partial charge is 0.246 e. The normalized spacial score (nSPS) is 15.9. The summed E-state index contributed by atoms with van der Waals surface area (Å²) in [6.07, 6.45) is 3.18. The molecule has 8 heteroatoms. The summed E-state index contributed by atoms with van der Waals surface area (Å²) in [6.45, 7) is 0.655. The van der Waals surface area contributed by atoms with Gasteiger partial charge in [-0.2, -0.15) is 11.8 Å². The van der Waals surface area contributed by atoms with Crippen LogP contribution in [0.3, 0.4) is 0 Å². The molecule has 1 heterocycles. The molecular weight excluding hydrogens is 422 g/mol. The number of ether oxygens (including phenoxy) is 1. The summed E-state index contributed by atoms with van der Waals surface area (Å²) in [4.78, 5) is 25.6. The fourth-order valence-corrected chi connectivity index (χ4v) is 3.79. The lowest BCUT2D eigenvalue weighted by molar-refractivity contribution is -0.128. The molecule has 0 spiro atoms. The highest BCUT2D eigenvalue weighted by Crippen LogP contribution is 2.18. The first-order valence-electron chi connectivity index (χ1n) is 9.65. The number of fused-ring (bicyclic) bond motifs is 1. The van der Waals surface area contributed by atoms with Gasteiger partial charge in [0.15, 0.2) is 0 Å². The molecule has 2 aromatic carbocycles. The molecule has 0 radical (unpaired) electrons. The van der Waals surface area contributed by atoms with E-state index in [0.29, 0.717) is 25.1 Å². The fourth-order valence-electron chi connectivity index (χ4n) is 3.32. The fraction of sp³-hybridized carbons (Fsp3) is 0.364. The number of methoxy groups -OCH3 is 1. The van der Waals surface area contributed by atoms with Crippen molar-refractivity contribution in [2.45, 2.75) is 31.5 Å². The number of carbonyl (C=O) groups excluding carboxylic acids is 2. The van der Waals surface area contributed by atoms with E-state index in [1.807, 2.05) is 18.4 Å². The van der Waals surface area contributed by atoms with E-state index in [1.54, 1.807) is 43.1 Å². The Hall–Kier alpha value is -2.22. The first-order chi connectivity index (χ1) is 14.1. The lowest BCUT2D eigenvalue weighted by Gasteiger charge is -2.27. The molecule has 1 aliphatic rings. The molecule has 0 aliphatic carbocycles. The van der Waals surface area contributed by atoms with Crippen LogP contribution in [0.4, 0.5) is 5.69 Å². The second-order valence-corrected chi connectivity index (χ2v) is 7.95. The zero-order valence-electron chi connectivity index (χ0n) is 17.1. The van der Waals surface area contributed by atoms with Gasteiger partial charge in [-0.3, -0.25) is 9.59 Å². The van der Waals surface area contributed by atoms with E-state index in [2.05, 4.69) is 28.1 Å². The molecular formula is C22H28ClN3O3S. The summed E-state index contributed by atoms with van der Waals surface area (Å²) in [5.41, 5.74) is 3.06. The Morgan fingerprint density at radius 2 is 1.87 bits per heavy atom. The van der Waals surface area contributed by atoms with Crippen molar-refractivity contribution in [1.82, 2.24) is 10.6 Å². The van der Waals surface area contributed by atoms with Gasteiger partial charge in [0.25, 0.3) is 0 Å². The number of thioether (sulfide) groups is 1. The average Bonchev–Trinajstić information content (AvgIpc) is 2.76. The molecule has 0 saturated carbocycles. The molecule has 2 atom stereocenters. The van der Waals surface area contributed by atoms with Crippen LogP contribution in [0.2, 0.25) is 0 Å². The van der Waals surface area contributed by atoms with Crippen molar-refractivity contribution in [3.8, 4) is 5.75 Å². The monoisotopic (exact) mass is 449 g/mol. The third kappa shape index (κ3) is 6.39. The summed E-state index contributed by atoms with van der Waals surface area (Å²) in [6, 6.07) is 14.3. The van der Waals surface area contributed by atoms with E-state index in [1.165, 1.54) is 11.1 Å². The van der Waals surface area contributed by atoms with Gasteiger partial charge in [0.2, 0.25) is 11.8 Å². The van der Waals surface area contributed by atoms with Crippen LogP contribution < -0.4 is 20.7 Å². The number of nitrogens with one attached hydrogen (secondary N) is 3. The number of hydrogen-bond acceptors (Lipinski definition) is 5. The number of benzene rings is 2.